The maximum Gasteiger partial charge on any atom is 0.256 e. The summed E-state index contributed by atoms with van der Waals surface area (Å²) in [6, 6.07) is 0. The number of hydrogen-bond donors (Lipinski definition) is 0. The van der Waals surface area contributed by atoms with Crippen LogP contribution in [-0.2, 0) is 13.0 Å². The predicted octanol–water partition coefficient (Wildman–Crippen LogP) is 3.09. The first kappa shape index (κ1) is 13.9. The van der Waals surface area contributed by atoms with Gasteiger partial charge in [0, 0.05) is 18.5 Å². The highest BCUT2D eigenvalue weighted by atomic mass is 16.2. The predicted molar refractivity (Wildman–Crippen MR) is 83.1 cm³/mol. The van der Waals surface area contributed by atoms with Gasteiger partial charge in [0.25, 0.3) is 5.91 Å². The van der Waals surface area contributed by atoms with Gasteiger partial charge in [-0.3, -0.25) is 14.6 Å². The lowest BCUT2D eigenvalue weighted by Crippen LogP contribution is -2.30. The first-order valence-electron chi connectivity index (χ1n) is 8.29. The minimum Gasteiger partial charge on any atom is -0.333 e. The van der Waals surface area contributed by atoms with E-state index in [1.165, 1.54) is 0 Å². The van der Waals surface area contributed by atoms with Crippen molar-refractivity contribution in [2.75, 3.05) is 6.54 Å². The van der Waals surface area contributed by atoms with E-state index in [9.17, 15) is 9.59 Å². The van der Waals surface area contributed by atoms with Crippen LogP contribution < -0.4 is 0 Å². The number of rotatable bonds is 2. The van der Waals surface area contributed by atoms with Crippen LogP contribution in [0.4, 0.5) is 0 Å². The molecule has 0 N–H and O–H groups in total. The van der Waals surface area contributed by atoms with Gasteiger partial charge < -0.3 is 4.90 Å². The molecule has 0 saturated heterocycles. The molecule has 3 aliphatic rings. The van der Waals surface area contributed by atoms with E-state index in [-0.39, 0.29) is 17.1 Å². The summed E-state index contributed by atoms with van der Waals surface area (Å²) in [5, 5.41) is 0. The van der Waals surface area contributed by atoms with Crippen LogP contribution in [0.15, 0.2) is 0 Å². The molecule has 0 bridgehead atoms. The fourth-order valence-electron chi connectivity index (χ4n) is 3.99. The van der Waals surface area contributed by atoms with Crippen molar-refractivity contribution in [3.8, 4) is 0 Å². The molecule has 22 heavy (non-hydrogen) atoms. The Morgan fingerprint density at radius 2 is 1.86 bits per heavy atom. The quantitative estimate of drug-likeness (QED) is 0.843. The van der Waals surface area contributed by atoms with Crippen LogP contribution in [0.2, 0.25) is 0 Å². The summed E-state index contributed by atoms with van der Waals surface area (Å²) in [4.78, 5) is 32.0. The zero-order valence-corrected chi connectivity index (χ0v) is 13.5. The standard InChI is InChI=1S/C18H22N2O2/c1-4-20-9-12-16(17(20)22)14(10-5-6-10)15-11(19-12)7-18(2,3)8-13(15)21/h10H,4-9H2,1-3H3. The van der Waals surface area contributed by atoms with Crippen molar-refractivity contribution in [2.24, 2.45) is 5.41 Å². The van der Waals surface area contributed by atoms with Gasteiger partial charge in [0.2, 0.25) is 0 Å². The van der Waals surface area contributed by atoms with E-state index in [4.69, 9.17) is 4.98 Å². The van der Waals surface area contributed by atoms with E-state index < -0.39 is 0 Å². The summed E-state index contributed by atoms with van der Waals surface area (Å²) >= 11 is 0. The molecule has 116 valence electrons. The van der Waals surface area contributed by atoms with Gasteiger partial charge in [0.05, 0.1) is 23.5 Å². The molecule has 1 aliphatic heterocycles. The smallest absolute Gasteiger partial charge is 0.256 e. The molecule has 0 unspecified atom stereocenters. The van der Waals surface area contributed by atoms with Crippen LogP contribution in [0.25, 0.3) is 0 Å². The Hall–Kier alpha value is -1.71. The average molecular weight is 298 g/mol. The number of carbonyl (C=O) groups excluding carboxylic acids is 2. The van der Waals surface area contributed by atoms with Crippen LogP contribution in [0.5, 0.6) is 0 Å². The average Bonchev–Trinajstić information content (AvgIpc) is 3.20. The van der Waals surface area contributed by atoms with E-state index in [2.05, 4.69) is 13.8 Å². The van der Waals surface area contributed by atoms with Gasteiger partial charge in [-0.15, -0.1) is 0 Å². The topological polar surface area (TPSA) is 50.3 Å². The van der Waals surface area contributed by atoms with Gasteiger partial charge in [-0.2, -0.15) is 0 Å². The SMILES string of the molecule is CCN1Cc2nc3c(c(C4CC4)c2C1=O)C(=O)CC(C)(C)C3. The maximum atomic E-state index is 12.7. The largest absolute Gasteiger partial charge is 0.333 e. The number of aromatic nitrogens is 1. The van der Waals surface area contributed by atoms with E-state index in [0.717, 1.165) is 47.3 Å². The summed E-state index contributed by atoms with van der Waals surface area (Å²) in [6.07, 6.45) is 3.59. The highest BCUT2D eigenvalue weighted by Crippen LogP contribution is 2.48. The van der Waals surface area contributed by atoms with Crippen LogP contribution in [0.1, 0.15) is 83.6 Å². The van der Waals surface area contributed by atoms with Crippen LogP contribution in [0.3, 0.4) is 0 Å². The number of amides is 1. The lowest BCUT2D eigenvalue weighted by Gasteiger charge is -2.31. The molecule has 0 atom stereocenters. The van der Waals surface area contributed by atoms with Gasteiger partial charge in [0.1, 0.15) is 0 Å². The molecule has 1 aromatic rings. The number of carbonyl (C=O) groups is 2. The second-order valence-electron chi connectivity index (χ2n) is 7.70. The van der Waals surface area contributed by atoms with Crippen LogP contribution in [0, 0.1) is 5.41 Å². The highest BCUT2D eigenvalue weighted by molar-refractivity contribution is 6.06. The van der Waals surface area contributed by atoms with Crippen molar-refractivity contribution in [1.82, 2.24) is 9.88 Å². The second kappa shape index (κ2) is 4.40. The maximum absolute atomic E-state index is 12.7. The zero-order chi connectivity index (χ0) is 15.6. The Bertz CT molecular complexity index is 702. The van der Waals surface area contributed by atoms with Crippen molar-refractivity contribution < 1.29 is 9.59 Å². The number of hydrogen-bond acceptors (Lipinski definition) is 3. The summed E-state index contributed by atoms with van der Waals surface area (Å²) in [5.74, 6) is 0.662. The first-order valence-corrected chi connectivity index (χ1v) is 8.29. The molecule has 1 fully saturated rings. The molecule has 4 rings (SSSR count). The number of nitrogens with zero attached hydrogens (tertiary/aromatic N) is 2. The molecule has 4 nitrogen and oxygen atoms in total. The van der Waals surface area contributed by atoms with Crippen molar-refractivity contribution in [2.45, 2.75) is 58.9 Å². The van der Waals surface area contributed by atoms with Crippen LogP contribution in [-0.4, -0.2) is 28.1 Å². The van der Waals surface area contributed by atoms with Crippen molar-refractivity contribution in [3.05, 3.63) is 28.1 Å². The lowest BCUT2D eigenvalue weighted by molar-refractivity contribution is 0.0786. The van der Waals surface area contributed by atoms with Crippen molar-refractivity contribution in [1.29, 1.82) is 0 Å². The summed E-state index contributed by atoms with van der Waals surface area (Å²) < 4.78 is 0. The summed E-state index contributed by atoms with van der Waals surface area (Å²) in [7, 11) is 0. The minimum atomic E-state index is -0.0286. The van der Waals surface area contributed by atoms with Gasteiger partial charge in [-0.05, 0) is 43.1 Å². The third-order valence-electron chi connectivity index (χ3n) is 5.16. The van der Waals surface area contributed by atoms with Gasteiger partial charge in [0.15, 0.2) is 5.78 Å². The number of ketones is 1. The summed E-state index contributed by atoms with van der Waals surface area (Å²) in [6.45, 7) is 7.55. The van der Waals surface area contributed by atoms with E-state index >= 15 is 0 Å². The van der Waals surface area contributed by atoms with Crippen LogP contribution >= 0.6 is 0 Å². The molecule has 1 aromatic heterocycles. The minimum absolute atomic E-state index is 0.0286. The third-order valence-corrected chi connectivity index (χ3v) is 5.16. The molecular weight excluding hydrogens is 276 g/mol. The zero-order valence-electron chi connectivity index (χ0n) is 13.5. The third kappa shape index (κ3) is 1.93. The molecule has 0 radical (unpaired) electrons. The molecule has 1 amide bonds. The Morgan fingerprint density at radius 3 is 2.50 bits per heavy atom. The first-order chi connectivity index (χ1) is 10.4. The Balaban J connectivity index is 1.95. The van der Waals surface area contributed by atoms with Gasteiger partial charge >= 0.3 is 0 Å². The molecule has 1 saturated carbocycles. The van der Waals surface area contributed by atoms with Crippen molar-refractivity contribution >= 4 is 11.7 Å². The van der Waals surface area contributed by atoms with Crippen molar-refractivity contribution in [3.63, 3.8) is 0 Å². The highest BCUT2D eigenvalue weighted by Gasteiger charge is 2.43. The molecule has 4 heteroatoms. The normalized spacial score (nSPS) is 22.8. The van der Waals surface area contributed by atoms with E-state index in [1.54, 1.807) is 0 Å². The monoisotopic (exact) mass is 298 g/mol. The van der Waals surface area contributed by atoms with E-state index in [0.29, 0.717) is 25.4 Å². The molecule has 0 aromatic carbocycles. The number of Topliss-reactive ketones (excluding diaryl/α,β-unsaturated/α-hetero) is 1. The molecular formula is C18H22N2O2. The molecule has 2 heterocycles. The Labute approximate surface area is 130 Å². The lowest BCUT2D eigenvalue weighted by atomic mass is 9.73. The van der Waals surface area contributed by atoms with E-state index in [1.807, 2.05) is 11.8 Å². The fraction of sp³-hybridized carbons (Fsp3) is 0.611. The summed E-state index contributed by atoms with van der Waals surface area (Å²) in [5.41, 5.74) is 4.41. The second-order valence-corrected chi connectivity index (χ2v) is 7.70. The Morgan fingerprint density at radius 1 is 1.14 bits per heavy atom. The Kier molecular flexibility index (Phi) is 2.78. The molecule has 0 spiro atoms. The fourth-order valence-corrected chi connectivity index (χ4v) is 3.99. The molecule has 2 aliphatic carbocycles. The van der Waals surface area contributed by atoms with Gasteiger partial charge in [-0.1, -0.05) is 13.8 Å². The number of pyridine rings is 1. The number of fused-ring (bicyclic) bond motifs is 2. The van der Waals surface area contributed by atoms with Gasteiger partial charge in [-0.25, -0.2) is 0 Å².